The maximum atomic E-state index is 6.46. The first kappa shape index (κ1) is 31.5. The number of ether oxygens (including phenoxy) is 4. The molecule has 51 heavy (non-hydrogen) atoms. The molecular formula is C41H32N6O4. The molecule has 8 aromatic rings. The van der Waals surface area contributed by atoms with Crippen molar-refractivity contribution in [2.45, 2.75) is 26.7 Å². The van der Waals surface area contributed by atoms with Gasteiger partial charge in [-0.15, -0.1) is 0 Å². The van der Waals surface area contributed by atoms with Gasteiger partial charge in [-0.2, -0.15) is 0 Å². The zero-order chi connectivity index (χ0) is 34.6. The summed E-state index contributed by atoms with van der Waals surface area (Å²) in [6, 6.07) is 34.9. The van der Waals surface area contributed by atoms with Crippen molar-refractivity contribution in [3.63, 3.8) is 0 Å². The maximum Gasteiger partial charge on any atom is 0.237 e. The van der Waals surface area contributed by atoms with Crippen molar-refractivity contribution in [1.82, 2.24) is 29.5 Å². The first-order valence-corrected chi connectivity index (χ1v) is 16.6. The van der Waals surface area contributed by atoms with Crippen LogP contribution in [0.4, 0.5) is 0 Å². The molecule has 0 unspecified atom stereocenters. The Hall–Kier alpha value is -6.81. The van der Waals surface area contributed by atoms with Crippen LogP contribution in [-0.4, -0.2) is 29.5 Å². The summed E-state index contributed by atoms with van der Waals surface area (Å²) in [6.07, 6.45) is 8.00. The number of aryl methyl sites for hydroxylation is 2. The van der Waals surface area contributed by atoms with Gasteiger partial charge in [-0.3, -0.25) is 4.57 Å². The Bertz CT molecular complexity index is 2300. The normalized spacial score (nSPS) is 11.1. The minimum atomic E-state index is 0.470. The number of nitrogens with zero attached hydrogens (tertiary/aromatic N) is 6. The summed E-state index contributed by atoms with van der Waals surface area (Å²) >= 11 is 0. The summed E-state index contributed by atoms with van der Waals surface area (Å²) in [5.74, 6) is 5.39. The molecule has 0 aliphatic heterocycles. The lowest BCUT2D eigenvalue weighted by atomic mass is 10.1. The quantitative estimate of drug-likeness (QED) is 0.133. The number of fused-ring (bicyclic) bond motifs is 3. The van der Waals surface area contributed by atoms with Gasteiger partial charge in [0.05, 0.1) is 11.0 Å². The van der Waals surface area contributed by atoms with E-state index >= 15 is 0 Å². The van der Waals surface area contributed by atoms with Crippen molar-refractivity contribution >= 4 is 21.8 Å². The van der Waals surface area contributed by atoms with E-state index in [1.807, 2.05) is 114 Å². The van der Waals surface area contributed by atoms with E-state index in [9.17, 15) is 0 Å². The van der Waals surface area contributed by atoms with Gasteiger partial charge >= 0.3 is 0 Å². The van der Waals surface area contributed by atoms with Gasteiger partial charge in [-0.05, 0) is 84.6 Å². The monoisotopic (exact) mass is 672 g/mol. The van der Waals surface area contributed by atoms with Gasteiger partial charge in [0.1, 0.15) is 47.2 Å². The molecule has 0 saturated carbocycles. The zero-order valence-electron chi connectivity index (χ0n) is 27.9. The van der Waals surface area contributed by atoms with Crippen LogP contribution in [0.25, 0.3) is 27.8 Å². The first-order valence-electron chi connectivity index (χ1n) is 16.6. The average Bonchev–Trinajstić information content (AvgIpc) is 3.48. The molecule has 0 aliphatic carbocycles. The van der Waals surface area contributed by atoms with Crippen LogP contribution in [0.3, 0.4) is 0 Å². The third-order valence-corrected chi connectivity index (χ3v) is 8.28. The van der Waals surface area contributed by atoms with Crippen LogP contribution >= 0.6 is 0 Å². The molecule has 0 N–H and O–H groups in total. The van der Waals surface area contributed by atoms with Crippen LogP contribution in [0, 0.1) is 0 Å². The molecule has 10 heteroatoms. The number of hydrogen-bond acceptors (Lipinski definition) is 9. The predicted octanol–water partition coefficient (Wildman–Crippen LogP) is 10.1. The summed E-state index contributed by atoms with van der Waals surface area (Å²) in [7, 11) is 0. The number of hydrogen-bond donors (Lipinski definition) is 0. The smallest absolute Gasteiger partial charge is 0.237 e. The second-order valence-electron chi connectivity index (χ2n) is 11.7. The van der Waals surface area contributed by atoms with E-state index in [1.165, 1.54) is 12.7 Å². The second-order valence-corrected chi connectivity index (χ2v) is 11.7. The van der Waals surface area contributed by atoms with Crippen LogP contribution < -0.4 is 18.9 Å². The lowest BCUT2D eigenvalue weighted by Gasteiger charge is -2.12. The van der Waals surface area contributed by atoms with E-state index in [4.69, 9.17) is 18.9 Å². The lowest BCUT2D eigenvalue weighted by Crippen LogP contribution is -2.01. The van der Waals surface area contributed by atoms with Crippen LogP contribution in [-0.2, 0) is 12.8 Å². The van der Waals surface area contributed by atoms with E-state index in [-0.39, 0.29) is 0 Å². The number of rotatable bonds is 11. The van der Waals surface area contributed by atoms with Crippen LogP contribution in [0.2, 0.25) is 0 Å². The summed E-state index contributed by atoms with van der Waals surface area (Å²) in [4.78, 5) is 21.7. The molecule has 10 nitrogen and oxygen atoms in total. The van der Waals surface area contributed by atoms with Gasteiger partial charge in [0.2, 0.25) is 17.7 Å². The highest BCUT2D eigenvalue weighted by molar-refractivity contribution is 6.09. The Morgan fingerprint density at radius 3 is 1.37 bits per heavy atom. The van der Waals surface area contributed by atoms with Gasteiger partial charge in [0.25, 0.3) is 0 Å². The molecule has 4 aromatic carbocycles. The van der Waals surface area contributed by atoms with E-state index in [0.717, 1.165) is 45.8 Å². The number of pyridine rings is 2. The fourth-order valence-electron chi connectivity index (χ4n) is 5.90. The molecular weight excluding hydrogens is 640 g/mol. The largest absolute Gasteiger partial charge is 0.457 e. The topological polar surface area (TPSA) is 106 Å². The Morgan fingerprint density at radius 1 is 0.471 bits per heavy atom. The highest BCUT2D eigenvalue weighted by Gasteiger charge is 2.17. The summed E-state index contributed by atoms with van der Waals surface area (Å²) in [6.45, 7) is 4.19. The molecule has 0 radical (unpaired) electrons. The first-order chi connectivity index (χ1) is 25.1. The highest BCUT2D eigenvalue weighted by atomic mass is 16.5. The Kier molecular flexibility index (Phi) is 8.62. The average molecular weight is 673 g/mol. The van der Waals surface area contributed by atoms with Crippen LogP contribution in [0.15, 0.2) is 134 Å². The molecule has 250 valence electrons. The Balaban J connectivity index is 1.16. The standard InChI is InChI=1S/C41H32N6O4/c1-3-27-17-31(21-33(19-27)50-39-9-5-7-15-43-39)48-29-11-13-35-36-14-12-30(24-38(36)47(37(35)23-29)41-45-25-42-26-46-41)49-32-18-28(4-2)20-34(22-32)51-40-10-6-8-16-44-40/h5-26H,3-4H2,1-2H3. The molecule has 8 rings (SSSR count). The number of aromatic nitrogens is 6. The number of benzene rings is 4. The molecule has 4 heterocycles. The fraction of sp³-hybridized carbons (Fsp3) is 0.0976. The van der Waals surface area contributed by atoms with Crippen molar-refractivity contribution < 1.29 is 18.9 Å². The zero-order valence-corrected chi connectivity index (χ0v) is 27.9. The summed E-state index contributed by atoms with van der Waals surface area (Å²) in [5.41, 5.74) is 3.88. The summed E-state index contributed by atoms with van der Waals surface area (Å²) < 4.78 is 27.0. The Labute approximate surface area is 294 Å². The lowest BCUT2D eigenvalue weighted by molar-refractivity contribution is 0.447. The Morgan fingerprint density at radius 2 is 0.941 bits per heavy atom. The molecule has 0 fully saturated rings. The van der Waals surface area contributed by atoms with Gasteiger partial charge in [-0.1, -0.05) is 26.0 Å². The minimum absolute atomic E-state index is 0.470. The van der Waals surface area contributed by atoms with Crippen LogP contribution in [0.1, 0.15) is 25.0 Å². The van der Waals surface area contributed by atoms with Gasteiger partial charge in [-0.25, -0.2) is 24.9 Å². The molecule has 0 atom stereocenters. The van der Waals surface area contributed by atoms with Crippen LogP contribution in [0.5, 0.6) is 46.3 Å². The van der Waals surface area contributed by atoms with Crippen molar-refractivity contribution in [1.29, 1.82) is 0 Å². The molecule has 0 saturated heterocycles. The molecule has 4 aromatic heterocycles. The third kappa shape index (κ3) is 6.88. The fourth-order valence-corrected chi connectivity index (χ4v) is 5.90. The summed E-state index contributed by atoms with van der Waals surface area (Å²) in [5, 5.41) is 2.01. The SMILES string of the molecule is CCc1cc(Oc2ccc3c4ccc(Oc5cc(CC)cc(Oc6ccccn6)c5)cc4n(-c4ncncn4)c3c2)cc(Oc2ccccn2)c1. The van der Waals surface area contributed by atoms with E-state index < -0.39 is 0 Å². The molecule has 0 amide bonds. The van der Waals surface area contributed by atoms with E-state index in [0.29, 0.717) is 52.2 Å². The molecule has 0 aliphatic rings. The van der Waals surface area contributed by atoms with Gasteiger partial charge in [0, 0.05) is 59.6 Å². The molecule has 0 bridgehead atoms. The second kappa shape index (κ2) is 14.0. The van der Waals surface area contributed by atoms with Crippen molar-refractivity contribution in [3.05, 3.63) is 145 Å². The highest BCUT2D eigenvalue weighted by Crippen LogP contribution is 2.38. The van der Waals surface area contributed by atoms with Crippen molar-refractivity contribution in [2.75, 3.05) is 0 Å². The minimum Gasteiger partial charge on any atom is -0.457 e. The van der Waals surface area contributed by atoms with Crippen molar-refractivity contribution in [3.8, 4) is 52.2 Å². The maximum absolute atomic E-state index is 6.46. The molecule has 0 spiro atoms. The van der Waals surface area contributed by atoms with E-state index in [2.05, 4.69) is 38.8 Å². The van der Waals surface area contributed by atoms with Gasteiger partial charge in [0.15, 0.2) is 0 Å². The third-order valence-electron chi connectivity index (χ3n) is 8.28. The van der Waals surface area contributed by atoms with Crippen molar-refractivity contribution in [2.24, 2.45) is 0 Å². The van der Waals surface area contributed by atoms with E-state index in [1.54, 1.807) is 12.4 Å². The predicted molar refractivity (Wildman–Crippen MR) is 195 cm³/mol. The van der Waals surface area contributed by atoms with Gasteiger partial charge < -0.3 is 18.9 Å².